The first kappa shape index (κ1) is 12.3. The zero-order valence-electron chi connectivity index (χ0n) is 8.47. The van der Waals surface area contributed by atoms with Gasteiger partial charge in [0.05, 0.1) is 0 Å². The van der Waals surface area contributed by atoms with Gasteiger partial charge >= 0.3 is 0 Å². The van der Waals surface area contributed by atoms with E-state index in [1.54, 1.807) is 0 Å². The predicted molar refractivity (Wildman–Crippen MR) is 53.4 cm³/mol. The summed E-state index contributed by atoms with van der Waals surface area (Å²) in [7, 11) is 0. The van der Waals surface area contributed by atoms with Crippen molar-refractivity contribution in [1.82, 2.24) is 0 Å². The maximum Gasteiger partial charge on any atom is 0.133 e. The van der Waals surface area contributed by atoms with Crippen molar-refractivity contribution in [3.63, 3.8) is 0 Å². The molecule has 0 saturated carbocycles. The summed E-state index contributed by atoms with van der Waals surface area (Å²) in [6.07, 6.45) is 5.61. The Bertz CT molecular complexity index is 161. The lowest BCUT2D eigenvalue weighted by Gasteiger charge is -1.98. The molecule has 1 radical (unpaired) electrons. The van der Waals surface area contributed by atoms with Gasteiger partial charge in [-0.1, -0.05) is 19.8 Å². The molecule has 0 aliphatic heterocycles. The molecular weight excluding hydrogens is 164 g/mol. The summed E-state index contributed by atoms with van der Waals surface area (Å²) in [5, 5.41) is 0. The molecule has 0 fully saturated rings. The van der Waals surface area contributed by atoms with E-state index in [0.717, 1.165) is 19.3 Å². The summed E-state index contributed by atoms with van der Waals surface area (Å²) in [4.78, 5) is 21.6. The predicted octanol–water partition coefficient (Wildman–Crippen LogP) is 2.71. The standard InChI is InChI=1S/C11H19O2/c1-3-4-5-8-11(13)9-6-7-10(2)12/h2-9H2,1H3. The summed E-state index contributed by atoms with van der Waals surface area (Å²) in [6, 6.07) is 0. The highest BCUT2D eigenvalue weighted by molar-refractivity contribution is 5.83. The second-order valence-corrected chi connectivity index (χ2v) is 3.39. The van der Waals surface area contributed by atoms with Crippen molar-refractivity contribution >= 4 is 11.6 Å². The van der Waals surface area contributed by atoms with Crippen LogP contribution in [0.1, 0.15) is 51.9 Å². The van der Waals surface area contributed by atoms with Crippen LogP contribution in [0.3, 0.4) is 0 Å². The van der Waals surface area contributed by atoms with Crippen LogP contribution in [0, 0.1) is 6.92 Å². The van der Waals surface area contributed by atoms with E-state index in [9.17, 15) is 9.59 Å². The van der Waals surface area contributed by atoms with Gasteiger partial charge < -0.3 is 0 Å². The van der Waals surface area contributed by atoms with E-state index in [0.29, 0.717) is 25.7 Å². The van der Waals surface area contributed by atoms with Gasteiger partial charge in [-0.3, -0.25) is 9.59 Å². The molecule has 0 rings (SSSR count). The Labute approximate surface area is 80.7 Å². The van der Waals surface area contributed by atoms with Crippen molar-refractivity contribution in [2.24, 2.45) is 0 Å². The topological polar surface area (TPSA) is 34.1 Å². The quantitative estimate of drug-likeness (QED) is 0.542. The Balaban J connectivity index is 3.25. The molecular formula is C11H19O2. The third kappa shape index (κ3) is 9.25. The van der Waals surface area contributed by atoms with Crippen molar-refractivity contribution in [2.75, 3.05) is 0 Å². The van der Waals surface area contributed by atoms with Gasteiger partial charge in [0.1, 0.15) is 11.6 Å². The monoisotopic (exact) mass is 183 g/mol. The number of rotatable bonds is 8. The van der Waals surface area contributed by atoms with Crippen LogP contribution in [-0.2, 0) is 9.59 Å². The Morgan fingerprint density at radius 1 is 1.00 bits per heavy atom. The van der Waals surface area contributed by atoms with Crippen LogP contribution in [-0.4, -0.2) is 11.6 Å². The lowest BCUT2D eigenvalue weighted by molar-refractivity contribution is -0.119. The van der Waals surface area contributed by atoms with Crippen molar-refractivity contribution in [3.05, 3.63) is 6.92 Å². The molecule has 0 saturated heterocycles. The number of hydrogen-bond acceptors (Lipinski definition) is 2. The minimum atomic E-state index is -0.0682. The number of hydrogen-bond donors (Lipinski definition) is 0. The first-order chi connectivity index (χ1) is 6.16. The first-order valence-electron chi connectivity index (χ1n) is 5.03. The molecule has 0 heterocycles. The molecule has 2 heteroatoms. The molecule has 0 aromatic carbocycles. The van der Waals surface area contributed by atoms with Gasteiger partial charge in [-0.05, 0) is 12.8 Å². The van der Waals surface area contributed by atoms with E-state index in [-0.39, 0.29) is 11.6 Å². The van der Waals surface area contributed by atoms with Gasteiger partial charge in [0.2, 0.25) is 0 Å². The SMILES string of the molecule is [CH2]C(=O)CCCC(=O)CCCCC. The highest BCUT2D eigenvalue weighted by Gasteiger charge is 2.02. The Kier molecular flexibility index (Phi) is 7.56. The van der Waals surface area contributed by atoms with E-state index in [1.807, 2.05) is 0 Å². The van der Waals surface area contributed by atoms with E-state index < -0.39 is 0 Å². The third-order valence-electron chi connectivity index (χ3n) is 1.97. The molecule has 0 amide bonds. The Morgan fingerprint density at radius 2 is 1.62 bits per heavy atom. The Morgan fingerprint density at radius 3 is 2.15 bits per heavy atom. The zero-order valence-corrected chi connectivity index (χ0v) is 8.47. The van der Waals surface area contributed by atoms with E-state index in [1.165, 1.54) is 0 Å². The van der Waals surface area contributed by atoms with Crippen LogP contribution < -0.4 is 0 Å². The van der Waals surface area contributed by atoms with Gasteiger partial charge in [-0.25, -0.2) is 0 Å². The normalized spacial score (nSPS) is 10.0. The number of ketones is 2. The van der Waals surface area contributed by atoms with Crippen molar-refractivity contribution in [1.29, 1.82) is 0 Å². The average molecular weight is 183 g/mol. The van der Waals surface area contributed by atoms with Crippen molar-refractivity contribution in [2.45, 2.75) is 51.9 Å². The Hall–Kier alpha value is -0.660. The zero-order chi connectivity index (χ0) is 10.1. The van der Waals surface area contributed by atoms with E-state index in [4.69, 9.17) is 0 Å². The van der Waals surface area contributed by atoms with E-state index in [2.05, 4.69) is 13.8 Å². The molecule has 13 heavy (non-hydrogen) atoms. The van der Waals surface area contributed by atoms with Crippen LogP contribution in [0.15, 0.2) is 0 Å². The second-order valence-electron chi connectivity index (χ2n) is 3.39. The van der Waals surface area contributed by atoms with Gasteiger partial charge in [-0.15, -0.1) is 0 Å². The molecule has 2 nitrogen and oxygen atoms in total. The summed E-state index contributed by atoms with van der Waals surface area (Å²) < 4.78 is 0. The molecule has 0 aliphatic rings. The number of unbranched alkanes of at least 4 members (excludes halogenated alkanes) is 2. The van der Waals surface area contributed by atoms with Crippen molar-refractivity contribution in [3.8, 4) is 0 Å². The molecule has 0 aromatic heterocycles. The number of carbonyl (C=O) groups is 2. The van der Waals surface area contributed by atoms with Gasteiger partial charge in [0, 0.05) is 26.2 Å². The maximum absolute atomic E-state index is 11.2. The maximum atomic E-state index is 11.2. The minimum Gasteiger partial charge on any atom is -0.300 e. The number of Topliss-reactive ketones (excluding diaryl/α,β-unsaturated/α-hetero) is 2. The minimum absolute atomic E-state index is 0.0682. The third-order valence-corrected chi connectivity index (χ3v) is 1.97. The van der Waals surface area contributed by atoms with Crippen molar-refractivity contribution < 1.29 is 9.59 Å². The molecule has 0 N–H and O–H groups in total. The molecule has 0 spiro atoms. The van der Waals surface area contributed by atoms with Gasteiger partial charge in [0.25, 0.3) is 0 Å². The summed E-state index contributed by atoms with van der Waals surface area (Å²) >= 11 is 0. The second kappa shape index (κ2) is 7.96. The molecule has 0 aliphatic carbocycles. The molecule has 0 atom stereocenters. The first-order valence-corrected chi connectivity index (χ1v) is 5.03. The highest BCUT2D eigenvalue weighted by atomic mass is 16.1. The number of carbonyl (C=O) groups excluding carboxylic acids is 2. The van der Waals surface area contributed by atoms with Crippen LogP contribution in [0.4, 0.5) is 0 Å². The molecule has 75 valence electrons. The van der Waals surface area contributed by atoms with Crippen LogP contribution in [0.2, 0.25) is 0 Å². The van der Waals surface area contributed by atoms with Crippen LogP contribution in [0.5, 0.6) is 0 Å². The summed E-state index contributed by atoms with van der Waals surface area (Å²) in [6.45, 7) is 5.38. The van der Waals surface area contributed by atoms with Gasteiger partial charge in [0.15, 0.2) is 0 Å². The van der Waals surface area contributed by atoms with Gasteiger partial charge in [-0.2, -0.15) is 0 Å². The molecule has 0 aromatic rings. The molecule has 0 bridgehead atoms. The fourth-order valence-electron chi connectivity index (χ4n) is 1.18. The fourth-order valence-corrected chi connectivity index (χ4v) is 1.18. The molecule has 0 unspecified atom stereocenters. The van der Waals surface area contributed by atoms with Crippen LogP contribution in [0.25, 0.3) is 0 Å². The van der Waals surface area contributed by atoms with Crippen LogP contribution >= 0.6 is 0 Å². The lowest BCUT2D eigenvalue weighted by atomic mass is 10.1. The highest BCUT2D eigenvalue weighted by Crippen LogP contribution is 2.05. The lowest BCUT2D eigenvalue weighted by Crippen LogP contribution is -1.99. The largest absolute Gasteiger partial charge is 0.300 e. The summed E-state index contributed by atoms with van der Waals surface area (Å²) in [5.74, 6) is 0.219. The smallest absolute Gasteiger partial charge is 0.133 e. The average Bonchev–Trinajstić information content (AvgIpc) is 2.04. The van der Waals surface area contributed by atoms with E-state index >= 15 is 0 Å². The fraction of sp³-hybridized carbons (Fsp3) is 0.727. The summed E-state index contributed by atoms with van der Waals surface area (Å²) in [5.41, 5.74) is 0.